The molecule has 0 aliphatic rings. The summed E-state index contributed by atoms with van der Waals surface area (Å²) in [5, 5.41) is 19.1. The lowest BCUT2D eigenvalue weighted by molar-refractivity contribution is 0.189. The largest absolute Gasteiger partial charge is 0.493 e. The maximum atomic E-state index is 12.1. The predicted octanol–water partition coefficient (Wildman–Crippen LogP) is 6.18. The molecule has 0 radical (unpaired) electrons. The summed E-state index contributed by atoms with van der Waals surface area (Å²) >= 11 is 0. The van der Waals surface area contributed by atoms with Crippen molar-refractivity contribution in [2.75, 3.05) is 50.0 Å². The number of fused-ring (bicyclic) bond motifs is 1. The van der Waals surface area contributed by atoms with Crippen LogP contribution in [0.5, 0.6) is 5.75 Å². The normalized spacial score (nSPS) is 10.6. The Labute approximate surface area is 233 Å². The number of aromatic nitrogens is 2. The van der Waals surface area contributed by atoms with E-state index >= 15 is 0 Å². The highest BCUT2D eigenvalue weighted by molar-refractivity contribution is 5.92. The highest BCUT2D eigenvalue weighted by atomic mass is 16.5. The average molecular weight is 539 g/mol. The summed E-state index contributed by atoms with van der Waals surface area (Å²) in [6, 6.07) is 13.1. The Morgan fingerprint density at radius 3 is 2.51 bits per heavy atom. The monoisotopic (exact) mass is 538 g/mol. The molecule has 9 nitrogen and oxygen atoms in total. The molecule has 0 aliphatic heterocycles. The molecular weight excluding hydrogens is 492 g/mol. The molecule has 39 heavy (non-hydrogen) atoms. The molecule has 0 saturated carbocycles. The first-order valence-corrected chi connectivity index (χ1v) is 14.2. The quantitative estimate of drug-likeness (QED) is 0.171. The third kappa shape index (κ3) is 11.9. The summed E-state index contributed by atoms with van der Waals surface area (Å²) in [7, 11) is 0. The van der Waals surface area contributed by atoms with Gasteiger partial charge in [0.25, 0.3) is 0 Å². The number of unbranched alkanes of at least 4 members (excludes halogenated alkanes) is 2. The molecule has 3 aromatic rings. The Morgan fingerprint density at radius 1 is 0.974 bits per heavy atom. The summed E-state index contributed by atoms with van der Waals surface area (Å²) in [6.45, 7) is 12.4. The molecule has 0 bridgehead atoms. The van der Waals surface area contributed by atoms with E-state index in [0.717, 1.165) is 61.1 Å². The Hall–Kier alpha value is -3.43. The molecule has 0 spiro atoms. The summed E-state index contributed by atoms with van der Waals surface area (Å²) < 4.78 is 5.92. The maximum absolute atomic E-state index is 12.1. The van der Waals surface area contributed by atoms with Crippen LogP contribution in [-0.4, -0.2) is 65.4 Å². The first-order chi connectivity index (χ1) is 19.0. The number of amides is 2. The summed E-state index contributed by atoms with van der Waals surface area (Å²) in [6.07, 6.45) is 6.84. The van der Waals surface area contributed by atoms with Crippen LogP contribution in [0, 0.1) is 0 Å². The first kappa shape index (κ1) is 31.8. The van der Waals surface area contributed by atoms with Crippen LogP contribution in [0.2, 0.25) is 0 Å². The topological polar surface area (TPSA) is 112 Å². The van der Waals surface area contributed by atoms with E-state index in [9.17, 15) is 4.79 Å². The van der Waals surface area contributed by atoms with E-state index in [4.69, 9.17) is 9.84 Å². The number of carbonyl (C=O) groups is 1. The lowest BCUT2D eigenvalue weighted by atomic mass is 10.2. The van der Waals surface area contributed by atoms with Crippen LogP contribution in [0.25, 0.3) is 10.9 Å². The van der Waals surface area contributed by atoms with E-state index in [1.165, 1.54) is 12.7 Å². The zero-order valence-corrected chi connectivity index (χ0v) is 24.0. The van der Waals surface area contributed by atoms with Gasteiger partial charge in [-0.3, -0.25) is 0 Å². The molecule has 9 heteroatoms. The first-order valence-electron chi connectivity index (χ1n) is 14.2. The summed E-state index contributed by atoms with van der Waals surface area (Å²) in [5.74, 6) is 1.43. The van der Waals surface area contributed by atoms with E-state index in [0.29, 0.717) is 31.2 Å². The van der Waals surface area contributed by atoms with Crippen molar-refractivity contribution in [3.8, 4) is 5.75 Å². The number of benzene rings is 2. The van der Waals surface area contributed by atoms with Crippen molar-refractivity contribution in [2.24, 2.45) is 0 Å². The van der Waals surface area contributed by atoms with Crippen LogP contribution >= 0.6 is 0 Å². The van der Waals surface area contributed by atoms with Gasteiger partial charge in [-0.2, -0.15) is 0 Å². The zero-order valence-electron chi connectivity index (χ0n) is 24.0. The van der Waals surface area contributed by atoms with Gasteiger partial charge >= 0.3 is 6.03 Å². The number of hydrogen-bond acceptors (Lipinski definition) is 7. The van der Waals surface area contributed by atoms with Crippen molar-refractivity contribution in [1.82, 2.24) is 20.2 Å². The number of nitrogens with zero attached hydrogens (tertiary/aromatic N) is 3. The maximum Gasteiger partial charge on any atom is 0.319 e. The van der Waals surface area contributed by atoms with Gasteiger partial charge in [-0.1, -0.05) is 53.0 Å². The number of rotatable bonds is 15. The van der Waals surface area contributed by atoms with Crippen LogP contribution < -0.4 is 20.7 Å². The number of aliphatic hydroxyl groups excluding tert-OH is 1. The highest BCUT2D eigenvalue weighted by Gasteiger charge is 2.08. The SMILES string of the molecule is CCC.CCCCCNC(=O)Nc1cccc(Nc2ncnc3cc(OCCCN(CC)CCO)ccc23)c1. The van der Waals surface area contributed by atoms with Gasteiger partial charge in [-0.15, -0.1) is 0 Å². The van der Waals surface area contributed by atoms with Gasteiger partial charge in [0.05, 0.1) is 18.7 Å². The van der Waals surface area contributed by atoms with Gasteiger partial charge in [0, 0.05) is 42.5 Å². The molecular formula is C30H46N6O3. The molecule has 0 aliphatic carbocycles. The minimum atomic E-state index is -0.209. The number of urea groups is 1. The van der Waals surface area contributed by atoms with Crippen molar-refractivity contribution in [3.63, 3.8) is 0 Å². The molecule has 0 saturated heterocycles. The fourth-order valence-electron chi connectivity index (χ4n) is 3.84. The van der Waals surface area contributed by atoms with Crippen molar-refractivity contribution in [2.45, 2.75) is 59.8 Å². The molecule has 3 rings (SSSR count). The van der Waals surface area contributed by atoms with E-state index < -0.39 is 0 Å². The third-order valence-electron chi connectivity index (χ3n) is 5.81. The van der Waals surface area contributed by atoms with Crippen LogP contribution in [0.4, 0.5) is 22.0 Å². The number of carbonyl (C=O) groups excluding carboxylic acids is 1. The molecule has 1 heterocycles. The standard InChI is InChI=1S/C27H38N6O3.C3H8/c1-3-5-6-13-28-27(35)32-22-10-7-9-21(18-22)31-26-24-12-11-23(19-25(24)29-20-30-26)36-17-8-14-33(4-2)15-16-34;1-3-2/h7,9-12,18-20,34H,3-6,8,13-17H2,1-2H3,(H2,28,32,35)(H,29,30,31);3H2,1-2H3. The Morgan fingerprint density at radius 2 is 1.77 bits per heavy atom. The van der Waals surface area contributed by atoms with E-state index in [1.54, 1.807) is 0 Å². The number of ether oxygens (including phenoxy) is 1. The molecule has 0 unspecified atom stereocenters. The average Bonchev–Trinajstić information content (AvgIpc) is 2.93. The Kier molecular flexibility index (Phi) is 15.3. The van der Waals surface area contributed by atoms with Gasteiger partial charge in [0.15, 0.2) is 0 Å². The second-order valence-electron chi connectivity index (χ2n) is 9.26. The van der Waals surface area contributed by atoms with Crippen LogP contribution in [0.15, 0.2) is 48.8 Å². The van der Waals surface area contributed by atoms with Gasteiger partial charge in [-0.25, -0.2) is 14.8 Å². The third-order valence-corrected chi connectivity index (χ3v) is 5.81. The second kappa shape index (κ2) is 18.8. The zero-order chi connectivity index (χ0) is 28.3. The minimum absolute atomic E-state index is 0.171. The Bertz CT molecular complexity index is 1110. The van der Waals surface area contributed by atoms with Crippen molar-refractivity contribution >= 4 is 34.1 Å². The van der Waals surface area contributed by atoms with Gasteiger partial charge < -0.3 is 30.7 Å². The summed E-state index contributed by atoms with van der Waals surface area (Å²) in [4.78, 5) is 23.1. The predicted molar refractivity (Wildman–Crippen MR) is 161 cm³/mol. The van der Waals surface area contributed by atoms with Crippen molar-refractivity contribution in [1.29, 1.82) is 0 Å². The molecule has 2 aromatic carbocycles. The molecule has 4 N–H and O–H groups in total. The number of aliphatic hydroxyl groups is 1. The van der Waals surface area contributed by atoms with Crippen molar-refractivity contribution < 1.29 is 14.6 Å². The molecule has 214 valence electrons. The fourth-order valence-corrected chi connectivity index (χ4v) is 3.84. The number of likely N-dealkylation sites (N-methyl/N-ethyl adjacent to an activating group) is 1. The van der Waals surface area contributed by atoms with Crippen molar-refractivity contribution in [3.05, 3.63) is 48.8 Å². The fraction of sp³-hybridized carbons (Fsp3) is 0.500. The van der Waals surface area contributed by atoms with Crippen LogP contribution in [0.3, 0.4) is 0 Å². The molecule has 0 fully saturated rings. The summed E-state index contributed by atoms with van der Waals surface area (Å²) in [5.41, 5.74) is 2.28. The molecule has 2 amide bonds. The molecule has 1 aromatic heterocycles. The van der Waals surface area contributed by atoms with E-state index in [2.05, 4.69) is 58.5 Å². The lowest BCUT2D eigenvalue weighted by Crippen LogP contribution is -2.29. The van der Waals surface area contributed by atoms with Gasteiger partial charge in [0.2, 0.25) is 0 Å². The van der Waals surface area contributed by atoms with Gasteiger partial charge in [-0.05, 0) is 49.7 Å². The van der Waals surface area contributed by atoms with Gasteiger partial charge in [0.1, 0.15) is 17.9 Å². The number of anilines is 3. The Balaban J connectivity index is 0.00000170. The highest BCUT2D eigenvalue weighted by Crippen LogP contribution is 2.27. The lowest BCUT2D eigenvalue weighted by Gasteiger charge is -2.18. The van der Waals surface area contributed by atoms with Crippen LogP contribution in [-0.2, 0) is 0 Å². The molecule has 0 atom stereocenters. The number of nitrogens with one attached hydrogen (secondary N) is 3. The second-order valence-corrected chi connectivity index (χ2v) is 9.26. The number of hydrogen-bond donors (Lipinski definition) is 4. The van der Waals surface area contributed by atoms with Crippen LogP contribution in [0.1, 0.15) is 59.8 Å². The smallest absolute Gasteiger partial charge is 0.319 e. The minimum Gasteiger partial charge on any atom is -0.493 e. The van der Waals surface area contributed by atoms with E-state index in [-0.39, 0.29) is 12.6 Å². The van der Waals surface area contributed by atoms with E-state index in [1.807, 2.05) is 42.5 Å².